The molecule has 1 aromatic carbocycles. The minimum Gasteiger partial charge on any atom is -0.369 e. The predicted molar refractivity (Wildman–Crippen MR) is 79.7 cm³/mol. The van der Waals surface area contributed by atoms with Crippen LogP contribution in [0.1, 0.15) is 0 Å². The Morgan fingerprint density at radius 1 is 1.05 bits per heavy atom. The molecule has 2 rings (SSSR count). The van der Waals surface area contributed by atoms with Gasteiger partial charge in [0, 0.05) is 42.8 Å². The SMILES string of the molecule is O=S(=O)(CCCl)N1CCN(c2ccc(Cl)cc2)CC1. The molecule has 1 aromatic rings. The molecule has 19 heavy (non-hydrogen) atoms. The summed E-state index contributed by atoms with van der Waals surface area (Å²) in [6.45, 7) is 2.37. The lowest BCUT2D eigenvalue weighted by molar-refractivity contribution is 0.385. The zero-order valence-electron chi connectivity index (χ0n) is 10.4. The third-order valence-corrected chi connectivity index (χ3v) is 5.70. The third kappa shape index (κ3) is 3.75. The average molecular weight is 323 g/mol. The molecule has 4 nitrogen and oxygen atoms in total. The average Bonchev–Trinajstić information content (AvgIpc) is 2.40. The summed E-state index contributed by atoms with van der Waals surface area (Å²) in [5.74, 6) is 0.148. The molecule has 0 aromatic heterocycles. The van der Waals surface area contributed by atoms with Crippen LogP contribution < -0.4 is 4.90 Å². The minimum atomic E-state index is -3.19. The highest BCUT2D eigenvalue weighted by Crippen LogP contribution is 2.20. The maximum absolute atomic E-state index is 11.9. The quantitative estimate of drug-likeness (QED) is 0.796. The second-order valence-electron chi connectivity index (χ2n) is 4.37. The van der Waals surface area contributed by atoms with Gasteiger partial charge in [0.15, 0.2) is 0 Å². The van der Waals surface area contributed by atoms with Crippen LogP contribution in [-0.2, 0) is 10.0 Å². The molecular formula is C12H16Cl2N2O2S. The maximum atomic E-state index is 11.9. The van der Waals surface area contributed by atoms with Crippen LogP contribution in [0.15, 0.2) is 24.3 Å². The number of benzene rings is 1. The van der Waals surface area contributed by atoms with E-state index in [1.54, 1.807) is 0 Å². The Balaban J connectivity index is 1.98. The van der Waals surface area contributed by atoms with E-state index in [9.17, 15) is 8.42 Å². The highest BCUT2D eigenvalue weighted by Gasteiger charge is 2.26. The van der Waals surface area contributed by atoms with Gasteiger partial charge in [-0.1, -0.05) is 11.6 Å². The normalized spacial score (nSPS) is 17.7. The van der Waals surface area contributed by atoms with Gasteiger partial charge in [0.05, 0.1) is 5.75 Å². The van der Waals surface area contributed by atoms with Gasteiger partial charge in [-0.05, 0) is 24.3 Å². The molecule has 1 heterocycles. The molecule has 0 unspecified atom stereocenters. The molecule has 0 saturated carbocycles. The third-order valence-electron chi connectivity index (χ3n) is 3.16. The van der Waals surface area contributed by atoms with Crippen molar-refractivity contribution in [2.45, 2.75) is 0 Å². The summed E-state index contributed by atoms with van der Waals surface area (Å²) in [4.78, 5) is 2.16. The zero-order valence-corrected chi connectivity index (χ0v) is 12.8. The summed E-state index contributed by atoms with van der Waals surface area (Å²) in [5, 5.41) is 0.701. The van der Waals surface area contributed by atoms with Crippen molar-refractivity contribution < 1.29 is 8.42 Å². The largest absolute Gasteiger partial charge is 0.369 e. The Morgan fingerprint density at radius 2 is 1.63 bits per heavy atom. The summed E-state index contributed by atoms with van der Waals surface area (Å²) in [7, 11) is -3.19. The Labute approximate surface area is 124 Å². The monoisotopic (exact) mass is 322 g/mol. The molecule has 0 bridgehead atoms. The van der Waals surface area contributed by atoms with Crippen LogP contribution in [0.3, 0.4) is 0 Å². The van der Waals surface area contributed by atoms with E-state index < -0.39 is 10.0 Å². The van der Waals surface area contributed by atoms with Gasteiger partial charge in [-0.25, -0.2) is 8.42 Å². The van der Waals surface area contributed by atoms with Crippen LogP contribution in [0.25, 0.3) is 0 Å². The summed E-state index contributed by atoms with van der Waals surface area (Å²) in [5.41, 5.74) is 1.07. The summed E-state index contributed by atoms with van der Waals surface area (Å²) >= 11 is 11.4. The van der Waals surface area contributed by atoms with Gasteiger partial charge in [-0.15, -0.1) is 11.6 Å². The molecule has 106 valence electrons. The summed E-state index contributed by atoms with van der Waals surface area (Å²) < 4.78 is 25.3. The number of hydrogen-bond donors (Lipinski definition) is 0. The van der Waals surface area contributed by atoms with Crippen LogP contribution in [0.2, 0.25) is 5.02 Å². The van der Waals surface area contributed by atoms with Gasteiger partial charge in [0.1, 0.15) is 0 Å². The van der Waals surface area contributed by atoms with E-state index >= 15 is 0 Å². The molecular weight excluding hydrogens is 307 g/mol. The van der Waals surface area contributed by atoms with Crippen molar-refractivity contribution in [3.05, 3.63) is 29.3 Å². The van der Waals surface area contributed by atoms with E-state index in [1.165, 1.54) is 4.31 Å². The van der Waals surface area contributed by atoms with E-state index in [0.29, 0.717) is 31.2 Å². The van der Waals surface area contributed by atoms with E-state index in [2.05, 4.69) is 4.90 Å². The first-order valence-corrected chi connectivity index (χ1v) is 8.59. The van der Waals surface area contributed by atoms with Crippen molar-refractivity contribution in [1.82, 2.24) is 4.31 Å². The van der Waals surface area contributed by atoms with Gasteiger partial charge in [-0.2, -0.15) is 4.31 Å². The van der Waals surface area contributed by atoms with Crippen molar-refractivity contribution in [2.24, 2.45) is 0 Å². The number of rotatable bonds is 4. The number of anilines is 1. The molecule has 0 N–H and O–H groups in total. The van der Waals surface area contributed by atoms with E-state index in [1.807, 2.05) is 24.3 Å². The van der Waals surface area contributed by atoms with Crippen molar-refractivity contribution in [2.75, 3.05) is 42.7 Å². The number of piperazine rings is 1. The minimum absolute atomic E-state index is 0.00943. The Hall–Kier alpha value is -0.490. The first-order chi connectivity index (χ1) is 9.03. The number of halogens is 2. The maximum Gasteiger partial charge on any atom is 0.215 e. The van der Waals surface area contributed by atoms with Gasteiger partial charge in [0.25, 0.3) is 0 Å². The number of hydrogen-bond acceptors (Lipinski definition) is 3. The molecule has 1 aliphatic heterocycles. The van der Waals surface area contributed by atoms with Crippen molar-refractivity contribution in [1.29, 1.82) is 0 Å². The molecule has 1 fully saturated rings. The lowest BCUT2D eigenvalue weighted by Gasteiger charge is -2.35. The second kappa shape index (κ2) is 6.31. The fourth-order valence-electron chi connectivity index (χ4n) is 2.10. The topological polar surface area (TPSA) is 40.6 Å². The zero-order chi connectivity index (χ0) is 13.9. The van der Waals surface area contributed by atoms with E-state index in [-0.39, 0.29) is 11.6 Å². The molecule has 7 heteroatoms. The standard InChI is InChI=1S/C12H16Cl2N2O2S/c13-5-10-19(17,18)16-8-6-15(7-9-16)12-3-1-11(14)2-4-12/h1-4H,5-10H2. The second-order valence-corrected chi connectivity index (χ2v) is 7.27. The number of sulfonamides is 1. The van der Waals surface area contributed by atoms with Gasteiger partial charge < -0.3 is 4.90 Å². The number of alkyl halides is 1. The predicted octanol–water partition coefficient (Wildman–Crippen LogP) is 2.03. The highest BCUT2D eigenvalue weighted by atomic mass is 35.5. The van der Waals surface area contributed by atoms with Gasteiger partial charge in [-0.3, -0.25) is 0 Å². The fourth-order valence-corrected chi connectivity index (χ4v) is 3.99. The van der Waals surface area contributed by atoms with Crippen LogP contribution in [0.5, 0.6) is 0 Å². The van der Waals surface area contributed by atoms with Crippen LogP contribution >= 0.6 is 23.2 Å². The Bertz CT molecular complexity index is 511. The van der Waals surface area contributed by atoms with Gasteiger partial charge >= 0.3 is 0 Å². The summed E-state index contributed by atoms with van der Waals surface area (Å²) in [6, 6.07) is 7.58. The summed E-state index contributed by atoms with van der Waals surface area (Å²) in [6.07, 6.45) is 0. The van der Waals surface area contributed by atoms with E-state index in [4.69, 9.17) is 23.2 Å². The van der Waals surface area contributed by atoms with Gasteiger partial charge in [0.2, 0.25) is 10.0 Å². The number of nitrogens with zero attached hydrogens (tertiary/aromatic N) is 2. The van der Waals surface area contributed by atoms with Crippen molar-refractivity contribution >= 4 is 38.9 Å². The molecule has 0 aliphatic carbocycles. The van der Waals surface area contributed by atoms with Crippen LogP contribution in [0.4, 0.5) is 5.69 Å². The molecule has 1 aliphatic rings. The first kappa shape index (κ1) is 14.9. The van der Waals surface area contributed by atoms with Crippen LogP contribution in [0, 0.1) is 0 Å². The lowest BCUT2D eigenvalue weighted by atomic mass is 10.2. The highest BCUT2D eigenvalue weighted by molar-refractivity contribution is 7.89. The van der Waals surface area contributed by atoms with Crippen LogP contribution in [-0.4, -0.2) is 50.5 Å². The molecule has 0 radical (unpaired) electrons. The Kier molecular flexibility index (Phi) is 4.95. The first-order valence-electron chi connectivity index (χ1n) is 6.07. The van der Waals surface area contributed by atoms with E-state index in [0.717, 1.165) is 5.69 Å². The fraction of sp³-hybridized carbons (Fsp3) is 0.500. The molecule has 0 atom stereocenters. The lowest BCUT2D eigenvalue weighted by Crippen LogP contribution is -2.49. The molecule has 0 amide bonds. The molecule has 0 spiro atoms. The van der Waals surface area contributed by atoms with Crippen molar-refractivity contribution in [3.63, 3.8) is 0 Å². The Morgan fingerprint density at radius 3 is 2.16 bits per heavy atom. The molecule has 1 saturated heterocycles. The smallest absolute Gasteiger partial charge is 0.215 e. The van der Waals surface area contributed by atoms with Crippen molar-refractivity contribution in [3.8, 4) is 0 Å².